The number of ether oxygens (including phenoxy) is 1. The number of hydrogen-bond donors (Lipinski definition) is 0. The summed E-state index contributed by atoms with van der Waals surface area (Å²) >= 11 is 6.15. The molecule has 0 N–H and O–H groups in total. The lowest BCUT2D eigenvalue weighted by Gasteiger charge is -2.38. The van der Waals surface area contributed by atoms with Crippen molar-refractivity contribution in [2.45, 2.75) is 76.3 Å². The maximum absolute atomic E-state index is 13.7. The van der Waals surface area contributed by atoms with Crippen LogP contribution >= 0.6 is 11.6 Å². The SMILES string of the molecule is CCCCn1cc(S(=O)(=O)N2CC[C@H](Oc3cccc(Cl)c3)[C@@H](CC(=O)N3CCCCC3)C2)c(C)n1. The van der Waals surface area contributed by atoms with E-state index < -0.39 is 10.0 Å². The van der Waals surface area contributed by atoms with Crippen LogP contribution in [0.2, 0.25) is 5.02 Å². The molecule has 2 atom stereocenters. The second-order valence-corrected chi connectivity index (χ2v) is 12.2. The zero-order valence-corrected chi connectivity index (χ0v) is 22.8. The van der Waals surface area contributed by atoms with Crippen LogP contribution in [0.3, 0.4) is 0 Å². The highest BCUT2D eigenvalue weighted by Gasteiger charge is 2.39. The molecular formula is C26H37ClN4O4S. The Kier molecular flexibility index (Phi) is 8.96. The first kappa shape index (κ1) is 26.9. The van der Waals surface area contributed by atoms with E-state index in [-0.39, 0.29) is 35.8 Å². The number of nitrogens with zero attached hydrogens (tertiary/aromatic N) is 4. The summed E-state index contributed by atoms with van der Waals surface area (Å²) in [6, 6.07) is 7.20. The van der Waals surface area contributed by atoms with Crippen LogP contribution in [-0.2, 0) is 21.4 Å². The molecule has 0 unspecified atom stereocenters. The van der Waals surface area contributed by atoms with Gasteiger partial charge in [-0.1, -0.05) is 31.0 Å². The number of aromatic nitrogens is 2. The quantitative estimate of drug-likeness (QED) is 0.471. The zero-order valence-electron chi connectivity index (χ0n) is 21.2. The predicted octanol–water partition coefficient (Wildman–Crippen LogP) is 4.51. The Morgan fingerprint density at radius 1 is 1.19 bits per heavy atom. The molecule has 198 valence electrons. The standard InChI is InChI=1S/C26H37ClN4O4S/c1-3-4-14-30-19-25(20(2)28-30)36(33,34)31-15-11-24(35-23-10-8-9-22(27)17-23)21(18-31)16-26(32)29-12-6-5-7-13-29/h8-10,17,19,21,24H,3-7,11-16,18H2,1-2H3/t21-,24-/m0/s1. The summed E-state index contributed by atoms with van der Waals surface area (Å²) in [4.78, 5) is 15.3. The summed E-state index contributed by atoms with van der Waals surface area (Å²) in [5, 5.41) is 5.00. The molecule has 36 heavy (non-hydrogen) atoms. The summed E-state index contributed by atoms with van der Waals surface area (Å²) in [5.74, 6) is 0.437. The predicted molar refractivity (Wildman–Crippen MR) is 140 cm³/mol. The molecular weight excluding hydrogens is 500 g/mol. The Labute approximate surface area is 219 Å². The van der Waals surface area contributed by atoms with Gasteiger partial charge in [-0.25, -0.2) is 8.42 Å². The van der Waals surface area contributed by atoms with Gasteiger partial charge in [0.05, 0.1) is 5.69 Å². The van der Waals surface area contributed by atoms with Crippen molar-refractivity contribution >= 4 is 27.5 Å². The molecule has 0 spiro atoms. The van der Waals surface area contributed by atoms with Crippen LogP contribution < -0.4 is 4.74 Å². The molecule has 0 bridgehead atoms. The summed E-state index contributed by atoms with van der Waals surface area (Å²) < 4.78 is 36.8. The fourth-order valence-corrected chi connectivity index (χ4v) is 6.95. The van der Waals surface area contributed by atoms with E-state index in [0.717, 1.165) is 45.2 Å². The van der Waals surface area contributed by atoms with Crippen LogP contribution in [0.4, 0.5) is 0 Å². The lowest BCUT2D eigenvalue weighted by Crippen LogP contribution is -2.49. The Hall–Kier alpha value is -2.10. The molecule has 0 aliphatic carbocycles. The van der Waals surface area contributed by atoms with Gasteiger partial charge in [0.1, 0.15) is 16.7 Å². The third kappa shape index (κ3) is 6.42. The summed E-state index contributed by atoms with van der Waals surface area (Å²) in [7, 11) is -3.75. The van der Waals surface area contributed by atoms with E-state index in [0.29, 0.717) is 36.0 Å². The fourth-order valence-electron chi connectivity index (χ4n) is 5.09. The number of hydrogen-bond acceptors (Lipinski definition) is 5. The van der Waals surface area contributed by atoms with Crippen molar-refractivity contribution in [2.24, 2.45) is 5.92 Å². The first-order valence-corrected chi connectivity index (χ1v) is 14.8. The number of rotatable bonds is 9. The van der Waals surface area contributed by atoms with Crippen molar-refractivity contribution in [3.05, 3.63) is 41.2 Å². The Morgan fingerprint density at radius 3 is 2.69 bits per heavy atom. The summed E-state index contributed by atoms with van der Waals surface area (Å²) in [6.45, 7) is 6.60. The van der Waals surface area contributed by atoms with Crippen LogP contribution in [0.5, 0.6) is 5.75 Å². The second-order valence-electron chi connectivity index (χ2n) is 9.87. The van der Waals surface area contributed by atoms with Gasteiger partial charge in [0, 0.05) is 56.3 Å². The van der Waals surface area contributed by atoms with E-state index in [1.165, 1.54) is 4.31 Å². The van der Waals surface area contributed by atoms with Crippen molar-refractivity contribution in [2.75, 3.05) is 26.2 Å². The van der Waals surface area contributed by atoms with Gasteiger partial charge in [0.15, 0.2) is 0 Å². The number of benzene rings is 1. The molecule has 2 saturated heterocycles. The average molecular weight is 537 g/mol. The maximum Gasteiger partial charge on any atom is 0.246 e. The van der Waals surface area contributed by atoms with Crippen LogP contribution in [0.25, 0.3) is 0 Å². The molecule has 0 radical (unpaired) electrons. The first-order chi connectivity index (χ1) is 17.3. The van der Waals surface area contributed by atoms with E-state index in [4.69, 9.17) is 16.3 Å². The molecule has 8 nitrogen and oxygen atoms in total. The fraction of sp³-hybridized carbons (Fsp3) is 0.615. The molecule has 1 amide bonds. The number of halogens is 1. The number of likely N-dealkylation sites (tertiary alicyclic amines) is 1. The van der Waals surface area contributed by atoms with E-state index >= 15 is 0 Å². The minimum atomic E-state index is -3.75. The molecule has 2 aliphatic heterocycles. The van der Waals surface area contributed by atoms with Crippen molar-refractivity contribution in [3.8, 4) is 5.75 Å². The molecule has 1 aromatic carbocycles. The summed E-state index contributed by atoms with van der Waals surface area (Å²) in [6.07, 6.45) is 7.23. The monoisotopic (exact) mass is 536 g/mol. The lowest BCUT2D eigenvalue weighted by atomic mass is 9.91. The minimum Gasteiger partial charge on any atom is -0.490 e. The van der Waals surface area contributed by atoms with Crippen LogP contribution in [0.1, 0.15) is 57.6 Å². The van der Waals surface area contributed by atoms with E-state index in [9.17, 15) is 13.2 Å². The van der Waals surface area contributed by atoms with Crippen molar-refractivity contribution in [1.29, 1.82) is 0 Å². The molecule has 3 heterocycles. The van der Waals surface area contributed by atoms with Gasteiger partial charge in [-0.3, -0.25) is 9.48 Å². The van der Waals surface area contributed by atoms with Gasteiger partial charge in [-0.2, -0.15) is 9.40 Å². The van der Waals surface area contributed by atoms with Gasteiger partial charge in [-0.05, 0) is 57.2 Å². The smallest absolute Gasteiger partial charge is 0.246 e. The normalized spacial score (nSPS) is 21.5. The minimum absolute atomic E-state index is 0.0715. The Morgan fingerprint density at radius 2 is 1.97 bits per heavy atom. The molecule has 1 aromatic heterocycles. The van der Waals surface area contributed by atoms with Gasteiger partial charge in [-0.15, -0.1) is 0 Å². The molecule has 2 aromatic rings. The number of carbonyl (C=O) groups excluding carboxylic acids is 1. The zero-order chi connectivity index (χ0) is 25.7. The third-order valence-electron chi connectivity index (χ3n) is 7.12. The largest absolute Gasteiger partial charge is 0.490 e. The van der Waals surface area contributed by atoms with Crippen LogP contribution in [0, 0.1) is 12.8 Å². The first-order valence-electron chi connectivity index (χ1n) is 13.0. The van der Waals surface area contributed by atoms with E-state index in [2.05, 4.69) is 12.0 Å². The highest BCUT2D eigenvalue weighted by atomic mass is 35.5. The lowest BCUT2D eigenvalue weighted by molar-refractivity contribution is -0.134. The molecule has 2 fully saturated rings. The van der Waals surface area contributed by atoms with Gasteiger partial charge in [0.2, 0.25) is 15.9 Å². The van der Waals surface area contributed by atoms with Gasteiger partial charge >= 0.3 is 0 Å². The van der Waals surface area contributed by atoms with Gasteiger partial charge in [0.25, 0.3) is 0 Å². The van der Waals surface area contributed by atoms with Gasteiger partial charge < -0.3 is 9.64 Å². The summed E-state index contributed by atoms with van der Waals surface area (Å²) in [5.41, 5.74) is 0.504. The molecule has 10 heteroatoms. The number of aryl methyl sites for hydroxylation is 2. The number of carbonyl (C=O) groups is 1. The molecule has 2 aliphatic rings. The Balaban J connectivity index is 1.54. The highest BCUT2D eigenvalue weighted by Crippen LogP contribution is 2.31. The topological polar surface area (TPSA) is 84.7 Å². The van der Waals surface area contributed by atoms with Crippen molar-refractivity contribution < 1.29 is 17.9 Å². The second kappa shape index (κ2) is 12.0. The number of sulfonamides is 1. The average Bonchev–Trinajstić information content (AvgIpc) is 3.25. The van der Waals surface area contributed by atoms with E-state index in [1.54, 1.807) is 29.9 Å². The van der Waals surface area contributed by atoms with Crippen molar-refractivity contribution in [3.63, 3.8) is 0 Å². The third-order valence-corrected chi connectivity index (χ3v) is 9.32. The number of amides is 1. The van der Waals surface area contributed by atoms with Crippen LogP contribution in [0.15, 0.2) is 35.4 Å². The van der Waals surface area contributed by atoms with Crippen LogP contribution in [-0.4, -0.2) is 65.6 Å². The number of piperidine rings is 2. The van der Waals surface area contributed by atoms with E-state index in [1.807, 2.05) is 17.0 Å². The molecule has 0 saturated carbocycles. The van der Waals surface area contributed by atoms with Crippen molar-refractivity contribution in [1.82, 2.24) is 19.0 Å². The number of unbranched alkanes of at least 4 members (excludes halogenated alkanes) is 1. The Bertz CT molecular complexity index is 1150. The molecule has 4 rings (SSSR count). The maximum atomic E-state index is 13.7. The highest BCUT2D eigenvalue weighted by molar-refractivity contribution is 7.89.